The molecule has 1 amide bonds. The van der Waals surface area contributed by atoms with Crippen LogP contribution in [0.2, 0.25) is 0 Å². The van der Waals surface area contributed by atoms with Gasteiger partial charge in [-0.2, -0.15) is 0 Å². The van der Waals surface area contributed by atoms with Gasteiger partial charge in [0, 0.05) is 6.54 Å². The van der Waals surface area contributed by atoms with Crippen LogP contribution in [0.5, 0.6) is 11.5 Å². The Morgan fingerprint density at radius 3 is 2.47 bits per heavy atom. The third-order valence-electron chi connectivity index (χ3n) is 5.03. The maximum Gasteiger partial charge on any atom is 0.336 e. The van der Waals surface area contributed by atoms with E-state index in [0.717, 1.165) is 15.9 Å². The molecule has 0 unspecified atom stereocenters. The van der Waals surface area contributed by atoms with Crippen molar-refractivity contribution >= 4 is 27.5 Å². The number of benzene rings is 2. The number of nitrogens with zero attached hydrogens (tertiary/aromatic N) is 2. The molecule has 2 aromatic carbocycles. The number of methoxy groups -OCH3 is 2. The zero-order chi connectivity index (χ0) is 22.7. The normalized spacial score (nSPS) is 10.8. The molecule has 4 rings (SSSR count). The number of hydrogen-bond donors (Lipinski definition) is 1. The van der Waals surface area contributed by atoms with Crippen LogP contribution in [0.25, 0.3) is 15.9 Å². The number of carbonyl (C=O) groups excluding carboxylic acids is 1. The predicted octanol–water partition coefficient (Wildman–Crippen LogP) is 2.55. The van der Waals surface area contributed by atoms with E-state index in [4.69, 9.17) is 9.47 Å². The SMILES string of the molecule is COc1ccc(CNC(=O)Cn2c(=O)n(-c3ccccc3OC)c(=O)c3sccc32)cc1. The van der Waals surface area contributed by atoms with E-state index >= 15 is 0 Å². The topological polar surface area (TPSA) is 91.6 Å². The van der Waals surface area contributed by atoms with E-state index < -0.39 is 11.2 Å². The maximum absolute atomic E-state index is 13.3. The van der Waals surface area contributed by atoms with Crippen molar-refractivity contribution in [3.05, 3.63) is 86.4 Å². The number of thiophene rings is 1. The van der Waals surface area contributed by atoms with Crippen LogP contribution in [-0.4, -0.2) is 29.3 Å². The van der Waals surface area contributed by atoms with Crippen molar-refractivity contribution in [1.29, 1.82) is 0 Å². The first-order valence-corrected chi connectivity index (χ1v) is 10.7. The number of ether oxygens (including phenoxy) is 2. The van der Waals surface area contributed by atoms with E-state index in [9.17, 15) is 14.4 Å². The molecule has 8 nitrogen and oxygen atoms in total. The van der Waals surface area contributed by atoms with Crippen LogP contribution in [0.15, 0.2) is 69.6 Å². The van der Waals surface area contributed by atoms with E-state index in [-0.39, 0.29) is 12.5 Å². The minimum atomic E-state index is -0.606. The van der Waals surface area contributed by atoms with Gasteiger partial charge in [-0.3, -0.25) is 14.2 Å². The van der Waals surface area contributed by atoms with E-state index in [2.05, 4.69) is 5.32 Å². The number of nitrogens with one attached hydrogen (secondary N) is 1. The third-order valence-corrected chi connectivity index (χ3v) is 5.92. The Bertz CT molecular complexity index is 1390. The molecule has 164 valence electrons. The van der Waals surface area contributed by atoms with Gasteiger partial charge in [0.25, 0.3) is 5.56 Å². The first-order chi connectivity index (χ1) is 15.5. The second-order valence-electron chi connectivity index (χ2n) is 6.94. The van der Waals surface area contributed by atoms with Gasteiger partial charge in [0.2, 0.25) is 5.91 Å². The zero-order valence-corrected chi connectivity index (χ0v) is 18.3. The Morgan fingerprint density at radius 1 is 1.00 bits per heavy atom. The second-order valence-corrected chi connectivity index (χ2v) is 7.86. The molecule has 2 heterocycles. The molecule has 0 aliphatic carbocycles. The summed E-state index contributed by atoms with van der Waals surface area (Å²) in [5.41, 5.74) is 0.596. The van der Waals surface area contributed by atoms with Crippen LogP contribution < -0.4 is 26.0 Å². The van der Waals surface area contributed by atoms with Crippen LogP contribution in [0.1, 0.15) is 5.56 Å². The van der Waals surface area contributed by atoms with Crippen LogP contribution in [-0.2, 0) is 17.9 Å². The average molecular weight is 452 g/mol. The average Bonchev–Trinajstić information content (AvgIpc) is 3.31. The number of para-hydroxylation sites is 2. The number of rotatable bonds is 7. The number of fused-ring (bicyclic) bond motifs is 1. The quantitative estimate of drug-likeness (QED) is 0.466. The molecule has 9 heteroatoms. The van der Waals surface area contributed by atoms with Gasteiger partial charge in [-0.05, 0) is 41.3 Å². The van der Waals surface area contributed by atoms with Crippen molar-refractivity contribution in [3.63, 3.8) is 0 Å². The highest BCUT2D eigenvalue weighted by molar-refractivity contribution is 7.17. The summed E-state index contributed by atoms with van der Waals surface area (Å²) in [6, 6.07) is 15.8. The Kier molecular flexibility index (Phi) is 6.09. The highest BCUT2D eigenvalue weighted by Crippen LogP contribution is 2.22. The molecule has 4 aromatic rings. The van der Waals surface area contributed by atoms with Crippen molar-refractivity contribution in [3.8, 4) is 17.2 Å². The summed E-state index contributed by atoms with van der Waals surface area (Å²) in [7, 11) is 3.06. The van der Waals surface area contributed by atoms with Crippen LogP contribution in [0.3, 0.4) is 0 Å². The monoisotopic (exact) mass is 451 g/mol. The predicted molar refractivity (Wildman–Crippen MR) is 123 cm³/mol. The fraction of sp³-hybridized carbons (Fsp3) is 0.174. The van der Waals surface area contributed by atoms with Gasteiger partial charge < -0.3 is 14.8 Å². The van der Waals surface area contributed by atoms with Gasteiger partial charge >= 0.3 is 5.69 Å². The molecular weight excluding hydrogens is 430 g/mol. The molecule has 0 spiro atoms. The Hall–Kier alpha value is -3.85. The van der Waals surface area contributed by atoms with Crippen molar-refractivity contribution in [2.75, 3.05) is 14.2 Å². The largest absolute Gasteiger partial charge is 0.497 e. The standard InChI is InChI=1S/C23H21N3O5S/c1-30-16-9-7-15(8-10-16)13-24-20(27)14-25-18-11-12-32-21(18)22(28)26(23(25)29)17-5-3-4-6-19(17)31-2/h3-12H,13-14H2,1-2H3,(H,24,27). The summed E-state index contributed by atoms with van der Waals surface area (Å²) in [5, 5.41) is 4.54. The van der Waals surface area contributed by atoms with Gasteiger partial charge in [0.05, 0.1) is 25.4 Å². The van der Waals surface area contributed by atoms with Crippen LogP contribution in [0, 0.1) is 0 Å². The van der Waals surface area contributed by atoms with E-state index in [1.807, 2.05) is 24.3 Å². The van der Waals surface area contributed by atoms with Crippen molar-refractivity contribution in [2.45, 2.75) is 13.1 Å². The summed E-state index contributed by atoms with van der Waals surface area (Å²) in [5.74, 6) is 0.767. The Morgan fingerprint density at radius 2 is 1.75 bits per heavy atom. The van der Waals surface area contributed by atoms with Gasteiger partial charge in [-0.15, -0.1) is 11.3 Å². The minimum Gasteiger partial charge on any atom is -0.497 e. The van der Waals surface area contributed by atoms with Crippen molar-refractivity contribution in [1.82, 2.24) is 14.5 Å². The molecule has 0 aliphatic heterocycles. The second kappa shape index (κ2) is 9.11. The smallest absolute Gasteiger partial charge is 0.336 e. The molecule has 0 radical (unpaired) electrons. The molecule has 0 fully saturated rings. The fourth-order valence-corrected chi connectivity index (χ4v) is 4.23. The van der Waals surface area contributed by atoms with Gasteiger partial charge in [0.15, 0.2) is 0 Å². The number of aromatic nitrogens is 2. The lowest BCUT2D eigenvalue weighted by atomic mass is 10.2. The Labute approximate surface area is 187 Å². The number of carbonyl (C=O) groups is 1. The van der Waals surface area contributed by atoms with Gasteiger partial charge in [-0.1, -0.05) is 24.3 Å². The maximum atomic E-state index is 13.3. The first-order valence-electron chi connectivity index (χ1n) is 9.79. The number of hydrogen-bond acceptors (Lipinski definition) is 6. The fourth-order valence-electron chi connectivity index (χ4n) is 3.41. The lowest BCUT2D eigenvalue weighted by Gasteiger charge is -2.14. The lowest BCUT2D eigenvalue weighted by molar-refractivity contribution is -0.121. The van der Waals surface area contributed by atoms with Gasteiger partial charge in [0.1, 0.15) is 22.7 Å². The molecule has 0 saturated heterocycles. The third kappa shape index (κ3) is 4.02. The molecule has 32 heavy (non-hydrogen) atoms. The summed E-state index contributed by atoms with van der Waals surface area (Å²) < 4.78 is 13.2. The van der Waals surface area contributed by atoms with E-state index in [1.54, 1.807) is 42.8 Å². The van der Waals surface area contributed by atoms with E-state index in [1.165, 1.54) is 23.0 Å². The molecule has 0 saturated carbocycles. The molecule has 0 atom stereocenters. The molecular formula is C23H21N3O5S. The summed E-state index contributed by atoms with van der Waals surface area (Å²) >= 11 is 1.22. The Balaban J connectivity index is 1.68. The first kappa shape index (κ1) is 21.4. The summed E-state index contributed by atoms with van der Waals surface area (Å²) in [6.07, 6.45) is 0. The van der Waals surface area contributed by atoms with E-state index in [0.29, 0.717) is 28.2 Å². The zero-order valence-electron chi connectivity index (χ0n) is 17.5. The molecule has 0 bridgehead atoms. The molecule has 0 aliphatic rings. The molecule has 1 N–H and O–H groups in total. The summed E-state index contributed by atoms with van der Waals surface area (Å²) in [6.45, 7) is 0.0775. The molecule has 2 aromatic heterocycles. The minimum absolute atomic E-state index is 0.225. The van der Waals surface area contributed by atoms with Crippen LogP contribution in [0.4, 0.5) is 0 Å². The summed E-state index contributed by atoms with van der Waals surface area (Å²) in [4.78, 5) is 39.1. The van der Waals surface area contributed by atoms with Crippen molar-refractivity contribution in [2.24, 2.45) is 0 Å². The van der Waals surface area contributed by atoms with Gasteiger partial charge in [-0.25, -0.2) is 9.36 Å². The van der Waals surface area contributed by atoms with Crippen molar-refractivity contribution < 1.29 is 14.3 Å². The highest BCUT2D eigenvalue weighted by Gasteiger charge is 2.19. The number of amides is 1. The lowest BCUT2D eigenvalue weighted by Crippen LogP contribution is -2.41. The van der Waals surface area contributed by atoms with Crippen LogP contribution >= 0.6 is 11.3 Å². The highest BCUT2D eigenvalue weighted by atomic mass is 32.1.